The van der Waals surface area contributed by atoms with Gasteiger partial charge in [0.05, 0.1) is 10.9 Å². The Morgan fingerprint density at radius 2 is 1.40 bits per heavy atom. The van der Waals surface area contributed by atoms with Gasteiger partial charge in [0.1, 0.15) is 0 Å². The number of benzene rings is 5. The van der Waals surface area contributed by atoms with Gasteiger partial charge >= 0.3 is 0 Å². The Bertz CT molecular complexity index is 1980. The van der Waals surface area contributed by atoms with Gasteiger partial charge in [-0.15, -0.1) is 0 Å². The van der Waals surface area contributed by atoms with Crippen molar-refractivity contribution in [2.24, 2.45) is 0 Å². The quantitative estimate of drug-likeness (QED) is 0.181. The van der Waals surface area contributed by atoms with Crippen molar-refractivity contribution < 1.29 is 13.2 Å². The molecular weight excluding hydrogens is 620 g/mol. The summed E-state index contributed by atoms with van der Waals surface area (Å²) in [5.74, 6) is -0.663. The second kappa shape index (κ2) is 12.0. The summed E-state index contributed by atoms with van der Waals surface area (Å²) >= 11 is 3.66. The maximum absolute atomic E-state index is 12.9. The third kappa shape index (κ3) is 6.05. The summed E-state index contributed by atoms with van der Waals surface area (Å²) in [5, 5.41) is 1.14. The van der Waals surface area contributed by atoms with E-state index in [1.807, 2.05) is 24.3 Å². The summed E-state index contributed by atoms with van der Waals surface area (Å²) in [7, 11) is -3.98. The molecule has 1 aromatic heterocycles. The first-order chi connectivity index (χ1) is 20.8. The highest BCUT2D eigenvalue weighted by Crippen LogP contribution is 2.35. The van der Waals surface area contributed by atoms with Crippen LogP contribution in [0.4, 0.5) is 0 Å². The molecule has 0 unspecified atom stereocenters. The van der Waals surface area contributed by atoms with E-state index in [2.05, 4.69) is 98.1 Å². The zero-order chi connectivity index (χ0) is 30.0. The van der Waals surface area contributed by atoms with Crippen LogP contribution in [0.3, 0.4) is 0 Å². The van der Waals surface area contributed by atoms with Gasteiger partial charge in [-0.2, -0.15) is 0 Å². The topological polar surface area (TPSA) is 68.2 Å². The van der Waals surface area contributed by atoms with Crippen molar-refractivity contribution in [1.82, 2.24) is 9.29 Å². The maximum Gasteiger partial charge on any atom is 0.264 e. The van der Waals surface area contributed by atoms with Crippen LogP contribution in [-0.2, 0) is 16.4 Å². The summed E-state index contributed by atoms with van der Waals surface area (Å²) in [6.45, 7) is 1.70. The van der Waals surface area contributed by atoms with Crippen LogP contribution >= 0.6 is 15.9 Å². The molecule has 1 heterocycles. The first-order valence-corrected chi connectivity index (χ1v) is 16.2. The molecule has 43 heavy (non-hydrogen) atoms. The van der Waals surface area contributed by atoms with Gasteiger partial charge < -0.3 is 4.57 Å². The number of sulfonamides is 1. The van der Waals surface area contributed by atoms with Crippen LogP contribution in [0.2, 0.25) is 0 Å². The number of hydrogen-bond donors (Lipinski definition) is 1. The van der Waals surface area contributed by atoms with Gasteiger partial charge in [0.2, 0.25) is 0 Å². The lowest BCUT2D eigenvalue weighted by Crippen LogP contribution is -2.31. The monoisotopic (exact) mass is 648 g/mol. The van der Waals surface area contributed by atoms with Crippen molar-refractivity contribution >= 4 is 42.8 Å². The molecule has 0 saturated heterocycles. The fourth-order valence-electron chi connectivity index (χ4n) is 5.52. The van der Waals surface area contributed by atoms with E-state index in [9.17, 15) is 13.2 Å². The summed E-state index contributed by atoms with van der Waals surface area (Å²) in [5.41, 5.74) is 6.51. The molecule has 1 amide bonds. The average molecular weight is 650 g/mol. The molecule has 7 heteroatoms. The van der Waals surface area contributed by atoms with Gasteiger partial charge in [-0.25, -0.2) is 13.1 Å². The average Bonchev–Trinajstić information content (AvgIpc) is 3.35. The van der Waals surface area contributed by atoms with E-state index >= 15 is 0 Å². The normalized spacial score (nSPS) is 11.6. The lowest BCUT2D eigenvalue weighted by molar-refractivity contribution is 0.0981. The molecule has 0 spiro atoms. The number of rotatable bonds is 8. The summed E-state index contributed by atoms with van der Waals surface area (Å²) in [6.07, 6.45) is 2.86. The molecule has 5 aromatic carbocycles. The van der Waals surface area contributed by atoms with Gasteiger partial charge in [0.15, 0.2) is 0 Å². The Balaban J connectivity index is 1.32. The second-order valence-electron chi connectivity index (χ2n) is 10.5. The van der Waals surface area contributed by atoms with E-state index in [-0.39, 0.29) is 16.5 Å². The van der Waals surface area contributed by atoms with Crippen LogP contribution in [0.5, 0.6) is 0 Å². The number of nitrogens with zero attached hydrogens (tertiary/aromatic N) is 1. The SMILES string of the molecule is Cc1ccccc1S(=O)(=O)NC(=O)c1ccc(Cc2cn(C(c3ccccc3)c3ccccc3)c3ccc(Br)cc23)cc1. The third-order valence-electron chi connectivity index (χ3n) is 7.61. The van der Waals surface area contributed by atoms with E-state index in [4.69, 9.17) is 0 Å². The molecule has 5 nitrogen and oxygen atoms in total. The summed E-state index contributed by atoms with van der Waals surface area (Å²) in [6, 6.07) is 41.0. The van der Waals surface area contributed by atoms with E-state index in [0.717, 1.165) is 26.5 Å². The number of nitrogens with one attached hydrogen (secondary N) is 1. The highest BCUT2D eigenvalue weighted by molar-refractivity contribution is 9.10. The molecule has 1 N–H and O–H groups in total. The van der Waals surface area contributed by atoms with Gasteiger partial charge in [-0.05, 0) is 77.6 Å². The molecule has 0 bridgehead atoms. The molecule has 0 saturated carbocycles. The lowest BCUT2D eigenvalue weighted by atomic mass is 9.98. The number of hydrogen-bond acceptors (Lipinski definition) is 3. The molecule has 6 rings (SSSR count). The van der Waals surface area contributed by atoms with Crippen LogP contribution in [0.25, 0.3) is 10.9 Å². The van der Waals surface area contributed by atoms with E-state index in [0.29, 0.717) is 12.0 Å². The van der Waals surface area contributed by atoms with Crippen LogP contribution < -0.4 is 4.72 Å². The summed E-state index contributed by atoms with van der Waals surface area (Å²) < 4.78 is 31.2. The number of carbonyl (C=O) groups excluding carboxylic acids is 1. The number of fused-ring (bicyclic) bond motifs is 1. The third-order valence-corrected chi connectivity index (χ3v) is 9.59. The highest BCUT2D eigenvalue weighted by Gasteiger charge is 2.22. The molecule has 214 valence electrons. The van der Waals surface area contributed by atoms with Gasteiger partial charge in [0, 0.05) is 27.1 Å². The number of halogens is 1. The van der Waals surface area contributed by atoms with Crippen molar-refractivity contribution in [2.45, 2.75) is 24.3 Å². The molecule has 0 atom stereocenters. The minimum atomic E-state index is -3.98. The van der Waals surface area contributed by atoms with Gasteiger partial charge in [-0.3, -0.25) is 4.79 Å². The zero-order valence-electron chi connectivity index (χ0n) is 23.4. The standard InChI is InChI=1S/C36H29BrN2O3S/c1-25-10-8-9-15-34(25)43(41,42)38-36(40)29-18-16-26(17-19-29)22-30-24-39(33-21-20-31(37)23-32(30)33)35(27-11-4-2-5-12-27)28-13-6-3-7-14-28/h2-21,23-24,35H,22H2,1H3,(H,38,40). The maximum atomic E-state index is 12.9. The highest BCUT2D eigenvalue weighted by atomic mass is 79.9. The molecule has 0 aliphatic carbocycles. The fraction of sp³-hybridized carbons (Fsp3) is 0.0833. The van der Waals surface area contributed by atoms with Crippen molar-refractivity contribution in [2.75, 3.05) is 0 Å². The Kier molecular flexibility index (Phi) is 8.02. The van der Waals surface area contributed by atoms with E-state index < -0.39 is 15.9 Å². The predicted octanol–water partition coefficient (Wildman–Crippen LogP) is 8.06. The van der Waals surface area contributed by atoms with Crippen LogP contribution in [0.1, 0.15) is 44.2 Å². The van der Waals surface area contributed by atoms with Crippen LogP contribution in [-0.4, -0.2) is 18.9 Å². The number of aryl methyl sites for hydroxylation is 1. The van der Waals surface area contributed by atoms with Crippen molar-refractivity contribution in [3.8, 4) is 0 Å². The van der Waals surface area contributed by atoms with Gasteiger partial charge in [-0.1, -0.05) is 107 Å². The van der Waals surface area contributed by atoms with Gasteiger partial charge in [0.25, 0.3) is 15.9 Å². The van der Waals surface area contributed by atoms with Crippen molar-refractivity contribution in [3.63, 3.8) is 0 Å². The number of aromatic nitrogens is 1. The van der Waals surface area contributed by atoms with Crippen LogP contribution in [0, 0.1) is 6.92 Å². The van der Waals surface area contributed by atoms with E-state index in [1.165, 1.54) is 17.2 Å². The van der Waals surface area contributed by atoms with Crippen molar-refractivity contribution in [3.05, 3.63) is 171 Å². The molecule has 0 radical (unpaired) electrons. The van der Waals surface area contributed by atoms with E-state index in [1.54, 1.807) is 37.3 Å². The first-order valence-electron chi connectivity index (χ1n) is 13.9. The molecule has 0 aliphatic rings. The molecule has 0 fully saturated rings. The Labute approximate surface area is 260 Å². The minimum Gasteiger partial charge on any atom is -0.336 e. The Hall–Kier alpha value is -4.46. The smallest absolute Gasteiger partial charge is 0.264 e. The Morgan fingerprint density at radius 3 is 2.02 bits per heavy atom. The second-order valence-corrected chi connectivity index (χ2v) is 13.1. The fourth-order valence-corrected chi connectivity index (χ4v) is 7.11. The number of carbonyl (C=O) groups is 1. The zero-order valence-corrected chi connectivity index (χ0v) is 25.8. The Morgan fingerprint density at radius 1 is 0.791 bits per heavy atom. The number of amides is 1. The predicted molar refractivity (Wildman–Crippen MR) is 175 cm³/mol. The largest absolute Gasteiger partial charge is 0.336 e. The molecular formula is C36H29BrN2O3S. The molecule has 6 aromatic rings. The first kappa shape index (κ1) is 28.6. The minimum absolute atomic E-state index is 0.0129. The summed E-state index contributed by atoms with van der Waals surface area (Å²) in [4.78, 5) is 13.0. The van der Waals surface area contributed by atoms with Crippen molar-refractivity contribution in [1.29, 1.82) is 0 Å². The van der Waals surface area contributed by atoms with Crippen LogP contribution in [0.15, 0.2) is 143 Å². The molecule has 0 aliphatic heterocycles. The lowest BCUT2D eigenvalue weighted by Gasteiger charge is -2.21.